The van der Waals surface area contributed by atoms with Crippen LogP contribution in [0.15, 0.2) is 18.2 Å². The van der Waals surface area contributed by atoms with Crippen molar-refractivity contribution in [1.29, 1.82) is 0 Å². The molecule has 1 unspecified atom stereocenters. The first-order valence-electron chi connectivity index (χ1n) is 6.57. The van der Waals surface area contributed by atoms with Gasteiger partial charge in [-0.15, -0.1) is 0 Å². The lowest BCUT2D eigenvalue weighted by Gasteiger charge is -2.20. The molecule has 0 saturated heterocycles. The van der Waals surface area contributed by atoms with Crippen LogP contribution in [0.4, 0.5) is 0 Å². The van der Waals surface area contributed by atoms with Crippen molar-refractivity contribution in [2.24, 2.45) is 5.73 Å². The Morgan fingerprint density at radius 3 is 2.43 bits per heavy atom. The number of rotatable bonds is 5. The van der Waals surface area contributed by atoms with E-state index in [0.717, 1.165) is 5.56 Å². The third kappa shape index (κ3) is 5.07. The monoisotopic (exact) mass is 295 g/mol. The summed E-state index contributed by atoms with van der Waals surface area (Å²) in [5, 5.41) is 18.4. The second-order valence-electron chi connectivity index (χ2n) is 5.91. The van der Waals surface area contributed by atoms with Gasteiger partial charge in [0.25, 0.3) is 0 Å². The predicted molar refractivity (Wildman–Crippen MR) is 77.1 cm³/mol. The number of carboxylic acid groups (broad SMARTS) is 1. The third-order valence-electron chi connectivity index (χ3n) is 3.03. The zero-order valence-corrected chi connectivity index (χ0v) is 12.4. The van der Waals surface area contributed by atoms with Crippen molar-refractivity contribution >= 4 is 11.9 Å². The van der Waals surface area contributed by atoms with Crippen molar-refractivity contribution in [2.45, 2.75) is 38.6 Å². The van der Waals surface area contributed by atoms with E-state index < -0.39 is 24.6 Å². The zero-order valence-electron chi connectivity index (χ0n) is 12.4. The molecule has 0 amide bonds. The van der Waals surface area contributed by atoms with Gasteiger partial charge in [0.05, 0.1) is 0 Å². The highest BCUT2D eigenvalue weighted by Gasteiger charge is 2.20. The predicted octanol–water partition coefficient (Wildman–Crippen LogP) is 1.19. The molecule has 1 atom stereocenters. The number of aliphatic carboxylic acids is 1. The highest BCUT2D eigenvalue weighted by molar-refractivity contribution is 5.79. The Hall–Kier alpha value is -2.08. The molecule has 0 fully saturated rings. The maximum absolute atomic E-state index is 11.5. The number of nitrogens with two attached hydrogens (primary N) is 1. The van der Waals surface area contributed by atoms with Crippen LogP contribution in [0.1, 0.15) is 31.9 Å². The van der Waals surface area contributed by atoms with Gasteiger partial charge in [0.2, 0.25) is 0 Å². The van der Waals surface area contributed by atoms with Gasteiger partial charge in [0.15, 0.2) is 6.61 Å². The Labute approximate surface area is 123 Å². The topological polar surface area (TPSA) is 110 Å². The van der Waals surface area contributed by atoms with Crippen LogP contribution in [0.5, 0.6) is 5.75 Å². The maximum Gasteiger partial charge on any atom is 0.341 e. The molecular formula is C15H21NO5. The second-order valence-corrected chi connectivity index (χ2v) is 5.91. The van der Waals surface area contributed by atoms with Crippen molar-refractivity contribution in [3.63, 3.8) is 0 Å². The molecule has 1 aromatic carbocycles. The van der Waals surface area contributed by atoms with Crippen molar-refractivity contribution < 1.29 is 24.5 Å². The maximum atomic E-state index is 11.5. The Kier molecular flexibility index (Phi) is 5.32. The van der Waals surface area contributed by atoms with Crippen molar-refractivity contribution in [3.05, 3.63) is 29.3 Å². The molecule has 116 valence electrons. The molecule has 21 heavy (non-hydrogen) atoms. The van der Waals surface area contributed by atoms with E-state index in [0.29, 0.717) is 5.56 Å². The van der Waals surface area contributed by atoms with Crippen LogP contribution >= 0.6 is 0 Å². The van der Waals surface area contributed by atoms with Gasteiger partial charge in [-0.1, -0.05) is 32.9 Å². The van der Waals surface area contributed by atoms with Gasteiger partial charge >= 0.3 is 11.9 Å². The number of hydrogen-bond acceptors (Lipinski definition) is 5. The van der Waals surface area contributed by atoms with E-state index in [9.17, 15) is 14.7 Å². The van der Waals surface area contributed by atoms with E-state index in [1.807, 2.05) is 26.8 Å². The molecule has 0 heterocycles. The largest absolute Gasteiger partial charge is 0.508 e. The minimum absolute atomic E-state index is 0.0592. The highest BCUT2D eigenvalue weighted by atomic mass is 16.6. The molecule has 0 radical (unpaired) electrons. The number of esters is 1. The standard InChI is InChI=1S/C15H21NO5/c1-15(2,3)10-5-4-9(12(17)7-10)6-11(16)14(20)21-8-13(18)19/h4-5,7,11,17H,6,8,16H2,1-3H3,(H,18,19). The second kappa shape index (κ2) is 6.58. The van der Waals surface area contributed by atoms with Crippen molar-refractivity contribution in [2.75, 3.05) is 6.61 Å². The molecule has 1 rings (SSSR count). The molecule has 0 saturated carbocycles. The summed E-state index contributed by atoms with van der Waals surface area (Å²) in [6, 6.07) is 4.20. The molecule has 4 N–H and O–H groups in total. The SMILES string of the molecule is CC(C)(C)c1ccc(CC(N)C(=O)OCC(=O)O)c(O)c1. The molecule has 6 nitrogen and oxygen atoms in total. The third-order valence-corrected chi connectivity index (χ3v) is 3.03. The Bertz CT molecular complexity index is 533. The number of hydrogen-bond donors (Lipinski definition) is 3. The summed E-state index contributed by atoms with van der Waals surface area (Å²) in [6.45, 7) is 5.35. The Morgan fingerprint density at radius 2 is 1.95 bits per heavy atom. The molecule has 0 aliphatic carbocycles. The van der Waals surface area contributed by atoms with E-state index in [2.05, 4.69) is 4.74 Å². The van der Waals surface area contributed by atoms with Crippen LogP contribution in [0.3, 0.4) is 0 Å². The van der Waals surface area contributed by atoms with Crippen LogP contribution in [0, 0.1) is 0 Å². The summed E-state index contributed by atoms with van der Waals surface area (Å²) in [5.74, 6) is -1.99. The fourth-order valence-corrected chi connectivity index (χ4v) is 1.76. The number of carbonyl (C=O) groups is 2. The summed E-state index contributed by atoms with van der Waals surface area (Å²) in [7, 11) is 0. The average molecular weight is 295 g/mol. The highest BCUT2D eigenvalue weighted by Crippen LogP contribution is 2.28. The summed E-state index contributed by atoms with van der Waals surface area (Å²) in [6.07, 6.45) is 0.0781. The molecular weight excluding hydrogens is 274 g/mol. The van der Waals surface area contributed by atoms with Gasteiger partial charge in [-0.05, 0) is 22.6 Å². The van der Waals surface area contributed by atoms with E-state index in [1.54, 1.807) is 12.1 Å². The van der Waals surface area contributed by atoms with Crippen molar-refractivity contribution in [1.82, 2.24) is 0 Å². The van der Waals surface area contributed by atoms with Crippen molar-refractivity contribution in [3.8, 4) is 5.75 Å². The number of benzene rings is 1. The summed E-state index contributed by atoms with van der Waals surface area (Å²) in [5.41, 5.74) is 7.03. The number of ether oxygens (including phenoxy) is 1. The normalized spacial score (nSPS) is 12.8. The lowest BCUT2D eigenvalue weighted by molar-refractivity contribution is -0.156. The van der Waals surface area contributed by atoms with Crippen LogP contribution in [0.25, 0.3) is 0 Å². The number of phenolic OH excluding ortho intramolecular Hbond substituents is 1. The van der Waals surface area contributed by atoms with Crippen LogP contribution in [-0.4, -0.2) is 34.8 Å². The van der Waals surface area contributed by atoms with Gasteiger partial charge in [-0.2, -0.15) is 0 Å². The molecule has 0 aromatic heterocycles. The van der Waals surface area contributed by atoms with Gasteiger partial charge < -0.3 is 20.7 Å². The fourth-order valence-electron chi connectivity index (χ4n) is 1.76. The van der Waals surface area contributed by atoms with Crippen LogP contribution in [-0.2, 0) is 26.2 Å². The molecule has 6 heteroatoms. The van der Waals surface area contributed by atoms with Gasteiger partial charge in [-0.25, -0.2) is 4.79 Å². The van der Waals surface area contributed by atoms with Gasteiger partial charge in [0, 0.05) is 6.42 Å². The smallest absolute Gasteiger partial charge is 0.341 e. The van der Waals surface area contributed by atoms with E-state index in [4.69, 9.17) is 10.8 Å². The number of carbonyl (C=O) groups excluding carboxylic acids is 1. The first-order chi connectivity index (χ1) is 9.61. The summed E-state index contributed by atoms with van der Waals surface area (Å²) in [4.78, 5) is 21.8. The first-order valence-corrected chi connectivity index (χ1v) is 6.57. The van der Waals surface area contributed by atoms with E-state index in [1.165, 1.54) is 0 Å². The molecule has 0 spiro atoms. The molecule has 0 bridgehead atoms. The first kappa shape index (κ1) is 17.0. The number of carboxylic acids is 1. The Balaban J connectivity index is 2.75. The summed E-state index contributed by atoms with van der Waals surface area (Å²) >= 11 is 0. The molecule has 0 aliphatic heterocycles. The minimum atomic E-state index is -1.24. The molecule has 1 aromatic rings. The van der Waals surface area contributed by atoms with Crippen LogP contribution in [0.2, 0.25) is 0 Å². The molecule has 0 aliphatic rings. The average Bonchev–Trinajstić information content (AvgIpc) is 2.36. The number of aromatic hydroxyl groups is 1. The van der Waals surface area contributed by atoms with E-state index in [-0.39, 0.29) is 17.6 Å². The fraction of sp³-hybridized carbons (Fsp3) is 0.467. The van der Waals surface area contributed by atoms with E-state index >= 15 is 0 Å². The van der Waals surface area contributed by atoms with Gasteiger partial charge in [-0.3, -0.25) is 4.79 Å². The lowest BCUT2D eigenvalue weighted by Crippen LogP contribution is -2.35. The quantitative estimate of drug-likeness (QED) is 0.704. The zero-order chi connectivity index (χ0) is 16.2. The van der Waals surface area contributed by atoms with Gasteiger partial charge in [0.1, 0.15) is 11.8 Å². The lowest BCUT2D eigenvalue weighted by atomic mass is 9.86. The minimum Gasteiger partial charge on any atom is -0.508 e. The summed E-state index contributed by atoms with van der Waals surface area (Å²) < 4.78 is 4.51. The van der Waals surface area contributed by atoms with Crippen LogP contribution < -0.4 is 5.73 Å². The number of phenols is 1. The Morgan fingerprint density at radius 1 is 1.33 bits per heavy atom.